The van der Waals surface area contributed by atoms with E-state index in [0.29, 0.717) is 17.2 Å². The number of ether oxygens (including phenoxy) is 3. The van der Waals surface area contributed by atoms with Crippen molar-refractivity contribution in [3.63, 3.8) is 0 Å². The van der Waals surface area contributed by atoms with Gasteiger partial charge in [0.1, 0.15) is 0 Å². The SMILES string of the molecule is Cc1ccccc1NC(=O)COC(=O)C=Cc1ccc2c(c1)OCO2. The van der Waals surface area contributed by atoms with Gasteiger partial charge in [-0.3, -0.25) is 4.79 Å². The molecule has 0 spiro atoms. The summed E-state index contributed by atoms with van der Waals surface area (Å²) in [5.41, 5.74) is 2.40. The average Bonchev–Trinajstić information content (AvgIpc) is 3.08. The number of carbonyl (C=O) groups excluding carboxylic acids is 2. The van der Waals surface area contributed by atoms with E-state index in [1.54, 1.807) is 30.3 Å². The van der Waals surface area contributed by atoms with Crippen molar-refractivity contribution < 1.29 is 23.8 Å². The van der Waals surface area contributed by atoms with E-state index in [2.05, 4.69) is 5.32 Å². The van der Waals surface area contributed by atoms with Crippen molar-refractivity contribution in [2.75, 3.05) is 18.7 Å². The third kappa shape index (κ3) is 4.38. The Kier molecular flexibility index (Phi) is 4.99. The first-order chi connectivity index (χ1) is 12.1. The number of carbonyl (C=O) groups is 2. The van der Waals surface area contributed by atoms with Gasteiger partial charge < -0.3 is 19.5 Å². The summed E-state index contributed by atoms with van der Waals surface area (Å²) in [5.74, 6) is 0.317. The summed E-state index contributed by atoms with van der Waals surface area (Å²) in [5, 5.41) is 2.70. The summed E-state index contributed by atoms with van der Waals surface area (Å²) in [4.78, 5) is 23.6. The second-order valence-corrected chi connectivity index (χ2v) is 5.42. The molecule has 3 rings (SSSR count). The Balaban J connectivity index is 1.49. The van der Waals surface area contributed by atoms with Crippen molar-refractivity contribution in [3.8, 4) is 11.5 Å². The van der Waals surface area contributed by atoms with Gasteiger partial charge in [0.15, 0.2) is 18.1 Å². The van der Waals surface area contributed by atoms with Gasteiger partial charge in [-0.25, -0.2) is 4.79 Å². The summed E-state index contributed by atoms with van der Waals surface area (Å²) in [6, 6.07) is 12.7. The number of fused-ring (bicyclic) bond motifs is 1. The van der Waals surface area contributed by atoms with Crippen molar-refractivity contribution in [3.05, 3.63) is 59.7 Å². The van der Waals surface area contributed by atoms with E-state index < -0.39 is 5.97 Å². The van der Waals surface area contributed by atoms with Gasteiger partial charge in [0.2, 0.25) is 6.79 Å². The fraction of sp³-hybridized carbons (Fsp3) is 0.158. The van der Waals surface area contributed by atoms with Crippen LogP contribution in [-0.4, -0.2) is 25.3 Å². The number of hydrogen-bond donors (Lipinski definition) is 1. The fourth-order valence-electron chi connectivity index (χ4n) is 2.27. The molecule has 1 aliphatic rings. The second kappa shape index (κ2) is 7.53. The number of aryl methyl sites for hydroxylation is 1. The summed E-state index contributed by atoms with van der Waals surface area (Å²) < 4.78 is 15.4. The highest BCUT2D eigenvalue weighted by Crippen LogP contribution is 2.32. The lowest BCUT2D eigenvalue weighted by atomic mass is 10.2. The van der Waals surface area contributed by atoms with Gasteiger partial charge in [0, 0.05) is 11.8 Å². The summed E-state index contributed by atoms with van der Waals surface area (Å²) >= 11 is 0. The first-order valence-electron chi connectivity index (χ1n) is 7.72. The lowest BCUT2D eigenvalue weighted by Crippen LogP contribution is -2.20. The maximum absolute atomic E-state index is 11.8. The molecule has 0 saturated heterocycles. The van der Waals surface area contributed by atoms with Crippen LogP contribution in [0.4, 0.5) is 5.69 Å². The molecular formula is C19H17NO5. The van der Waals surface area contributed by atoms with E-state index in [0.717, 1.165) is 11.1 Å². The maximum Gasteiger partial charge on any atom is 0.331 e. The standard InChI is InChI=1S/C19H17NO5/c1-13-4-2-3-5-15(13)20-18(21)11-23-19(22)9-7-14-6-8-16-17(10-14)25-12-24-16/h2-10H,11-12H2,1H3,(H,20,21). The van der Waals surface area contributed by atoms with Gasteiger partial charge in [0.05, 0.1) is 0 Å². The van der Waals surface area contributed by atoms with Crippen molar-refractivity contribution in [1.29, 1.82) is 0 Å². The number of anilines is 1. The Hall–Kier alpha value is -3.28. The Labute approximate surface area is 145 Å². The second-order valence-electron chi connectivity index (χ2n) is 5.42. The molecule has 128 valence electrons. The normalized spacial score (nSPS) is 12.2. The zero-order chi connectivity index (χ0) is 17.6. The van der Waals surface area contributed by atoms with Crippen molar-refractivity contribution >= 4 is 23.6 Å². The number of rotatable bonds is 5. The van der Waals surface area contributed by atoms with Crippen LogP contribution in [0.25, 0.3) is 6.08 Å². The van der Waals surface area contributed by atoms with E-state index in [-0.39, 0.29) is 19.3 Å². The van der Waals surface area contributed by atoms with E-state index in [4.69, 9.17) is 14.2 Å². The molecule has 0 fully saturated rings. The Morgan fingerprint density at radius 2 is 1.96 bits per heavy atom. The predicted molar refractivity (Wildman–Crippen MR) is 92.4 cm³/mol. The van der Waals surface area contributed by atoms with E-state index >= 15 is 0 Å². The largest absolute Gasteiger partial charge is 0.454 e. The monoisotopic (exact) mass is 339 g/mol. The number of hydrogen-bond acceptors (Lipinski definition) is 5. The quantitative estimate of drug-likeness (QED) is 0.670. The highest BCUT2D eigenvalue weighted by atomic mass is 16.7. The molecule has 0 aromatic heterocycles. The van der Waals surface area contributed by atoms with Crippen LogP contribution < -0.4 is 14.8 Å². The minimum atomic E-state index is -0.599. The lowest BCUT2D eigenvalue weighted by Gasteiger charge is -2.07. The van der Waals surface area contributed by atoms with Crippen molar-refractivity contribution in [2.45, 2.75) is 6.92 Å². The lowest BCUT2D eigenvalue weighted by molar-refractivity contribution is -0.142. The number of benzene rings is 2. The Morgan fingerprint density at radius 1 is 1.16 bits per heavy atom. The Bertz CT molecular complexity index is 828. The molecule has 0 atom stereocenters. The Morgan fingerprint density at radius 3 is 2.80 bits per heavy atom. The molecule has 25 heavy (non-hydrogen) atoms. The highest BCUT2D eigenvalue weighted by molar-refractivity contribution is 5.95. The van der Waals surface area contributed by atoms with Crippen LogP contribution >= 0.6 is 0 Å². The van der Waals surface area contributed by atoms with Gasteiger partial charge in [-0.05, 0) is 42.3 Å². The van der Waals surface area contributed by atoms with Crippen LogP contribution in [0.1, 0.15) is 11.1 Å². The average molecular weight is 339 g/mol. The summed E-state index contributed by atoms with van der Waals surface area (Å²) in [6.45, 7) is 1.73. The third-order valence-electron chi connectivity index (χ3n) is 3.57. The van der Waals surface area contributed by atoms with Gasteiger partial charge in [-0.1, -0.05) is 24.3 Å². The van der Waals surface area contributed by atoms with Crippen LogP contribution in [0.3, 0.4) is 0 Å². The van der Waals surface area contributed by atoms with Crippen LogP contribution in [-0.2, 0) is 14.3 Å². The zero-order valence-electron chi connectivity index (χ0n) is 13.7. The molecule has 0 aliphatic carbocycles. The summed E-state index contributed by atoms with van der Waals surface area (Å²) in [6.07, 6.45) is 2.85. The smallest absolute Gasteiger partial charge is 0.331 e. The topological polar surface area (TPSA) is 73.9 Å². The minimum Gasteiger partial charge on any atom is -0.454 e. The highest BCUT2D eigenvalue weighted by Gasteiger charge is 2.12. The number of nitrogens with one attached hydrogen (secondary N) is 1. The predicted octanol–water partition coefficient (Wildman–Crippen LogP) is 2.92. The molecule has 2 aromatic carbocycles. The van der Waals surface area contributed by atoms with Crippen LogP contribution in [0, 0.1) is 6.92 Å². The van der Waals surface area contributed by atoms with Crippen molar-refractivity contribution in [1.82, 2.24) is 0 Å². The van der Waals surface area contributed by atoms with Gasteiger partial charge >= 0.3 is 5.97 Å². The van der Waals surface area contributed by atoms with Gasteiger partial charge in [-0.2, -0.15) is 0 Å². The first-order valence-corrected chi connectivity index (χ1v) is 7.72. The molecule has 2 aromatic rings. The molecular weight excluding hydrogens is 322 g/mol. The molecule has 1 aliphatic heterocycles. The summed E-state index contributed by atoms with van der Waals surface area (Å²) in [7, 11) is 0. The van der Waals surface area contributed by atoms with E-state index in [1.165, 1.54) is 6.08 Å². The van der Waals surface area contributed by atoms with Crippen LogP contribution in [0.2, 0.25) is 0 Å². The van der Waals surface area contributed by atoms with Crippen LogP contribution in [0.15, 0.2) is 48.5 Å². The zero-order valence-corrected chi connectivity index (χ0v) is 13.7. The van der Waals surface area contributed by atoms with Gasteiger partial charge in [-0.15, -0.1) is 0 Å². The molecule has 0 radical (unpaired) electrons. The molecule has 0 saturated carbocycles. The fourth-order valence-corrected chi connectivity index (χ4v) is 2.27. The first kappa shape index (κ1) is 16.6. The molecule has 1 amide bonds. The van der Waals surface area contributed by atoms with Gasteiger partial charge in [0.25, 0.3) is 5.91 Å². The van der Waals surface area contributed by atoms with Crippen LogP contribution in [0.5, 0.6) is 11.5 Å². The molecule has 1 N–H and O–H groups in total. The number of para-hydroxylation sites is 1. The molecule has 0 bridgehead atoms. The third-order valence-corrected chi connectivity index (χ3v) is 3.57. The van der Waals surface area contributed by atoms with E-state index in [1.807, 2.05) is 25.1 Å². The molecule has 6 nitrogen and oxygen atoms in total. The molecule has 0 unspecified atom stereocenters. The molecule has 1 heterocycles. The number of amides is 1. The molecule has 6 heteroatoms. The van der Waals surface area contributed by atoms with Crippen molar-refractivity contribution in [2.24, 2.45) is 0 Å². The van der Waals surface area contributed by atoms with E-state index in [9.17, 15) is 9.59 Å². The maximum atomic E-state index is 11.8. The minimum absolute atomic E-state index is 0.195. The number of esters is 1.